The van der Waals surface area contributed by atoms with Crippen LogP contribution < -0.4 is 15.3 Å². The van der Waals surface area contributed by atoms with Gasteiger partial charge in [-0.25, -0.2) is 4.39 Å². The molecule has 1 unspecified atom stereocenters. The number of ether oxygens (including phenoxy) is 1. The molecule has 0 aliphatic carbocycles. The van der Waals surface area contributed by atoms with Gasteiger partial charge in [-0.1, -0.05) is 24.3 Å². The molecular weight excluding hydrogens is 381 g/mol. The van der Waals surface area contributed by atoms with Crippen LogP contribution in [-0.2, 0) is 0 Å². The topological polar surface area (TPSA) is 57.7 Å². The summed E-state index contributed by atoms with van der Waals surface area (Å²) in [7, 11) is 0. The molecule has 1 aromatic heterocycles. The first-order valence-corrected chi connectivity index (χ1v) is 10.0. The van der Waals surface area contributed by atoms with Crippen LogP contribution in [0.4, 0.5) is 10.1 Å². The maximum Gasteiger partial charge on any atom is 0.257 e. The molecule has 2 heterocycles. The summed E-state index contributed by atoms with van der Waals surface area (Å²) in [5, 5.41) is 6.40. The normalized spacial score (nSPS) is 15.9. The van der Waals surface area contributed by atoms with Crippen LogP contribution in [0.5, 0.6) is 5.75 Å². The van der Waals surface area contributed by atoms with E-state index in [2.05, 4.69) is 4.98 Å². The Morgan fingerprint density at radius 3 is 2.57 bits per heavy atom. The smallest absolute Gasteiger partial charge is 0.257 e. The lowest BCUT2D eigenvalue weighted by Gasteiger charge is -2.24. The molecule has 154 valence electrons. The number of pyridine rings is 1. The zero-order chi connectivity index (χ0) is 21.3. The molecule has 0 bridgehead atoms. The Labute approximate surface area is 174 Å². The van der Waals surface area contributed by atoms with Crippen molar-refractivity contribution in [3.63, 3.8) is 0 Å². The number of hydrazone groups is 1. The fourth-order valence-electron chi connectivity index (χ4n) is 3.95. The summed E-state index contributed by atoms with van der Waals surface area (Å²) in [6.07, 6.45) is 0.495. The number of H-pyrrole nitrogens is 1. The maximum atomic E-state index is 14.6. The van der Waals surface area contributed by atoms with Gasteiger partial charge in [-0.2, -0.15) is 5.10 Å². The molecule has 3 aromatic rings. The van der Waals surface area contributed by atoms with E-state index >= 15 is 0 Å². The number of aromatic nitrogens is 1. The number of halogens is 1. The van der Waals surface area contributed by atoms with E-state index in [-0.39, 0.29) is 17.4 Å². The first-order valence-electron chi connectivity index (χ1n) is 10.0. The van der Waals surface area contributed by atoms with Gasteiger partial charge in [-0.05, 0) is 62.2 Å². The summed E-state index contributed by atoms with van der Waals surface area (Å²) in [5.74, 6) is 0.427. The lowest BCUT2D eigenvalue weighted by Crippen LogP contribution is -2.20. The van der Waals surface area contributed by atoms with Crippen molar-refractivity contribution >= 4 is 11.4 Å². The van der Waals surface area contributed by atoms with E-state index < -0.39 is 0 Å². The number of hydrogen-bond donors (Lipinski definition) is 1. The minimum Gasteiger partial charge on any atom is -0.494 e. The summed E-state index contributed by atoms with van der Waals surface area (Å²) in [6.45, 7) is 6.28. The number of hydrogen-bond acceptors (Lipinski definition) is 4. The predicted octanol–water partition coefficient (Wildman–Crippen LogP) is 4.89. The van der Waals surface area contributed by atoms with E-state index in [1.807, 2.05) is 51.1 Å². The third-order valence-corrected chi connectivity index (χ3v) is 5.24. The van der Waals surface area contributed by atoms with Crippen molar-refractivity contribution in [2.24, 2.45) is 5.10 Å². The van der Waals surface area contributed by atoms with E-state index in [0.717, 1.165) is 22.6 Å². The molecule has 5 nitrogen and oxygen atoms in total. The zero-order valence-corrected chi connectivity index (χ0v) is 17.3. The Hall–Kier alpha value is -3.41. The molecule has 0 amide bonds. The van der Waals surface area contributed by atoms with E-state index in [1.165, 1.54) is 6.07 Å². The quantitative estimate of drug-likeness (QED) is 0.658. The highest BCUT2D eigenvalue weighted by atomic mass is 19.1. The number of para-hydroxylation sites is 1. The minimum atomic E-state index is -0.354. The molecule has 4 rings (SSSR count). The number of aryl methyl sites for hydroxylation is 2. The van der Waals surface area contributed by atoms with Crippen molar-refractivity contribution in [3.8, 4) is 5.75 Å². The maximum absolute atomic E-state index is 14.6. The summed E-state index contributed by atoms with van der Waals surface area (Å²) in [5.41, 5.74) is 4.04. The standard InChI is InChI=1S/C24H24FN3O2/c1-4-30-18-11-9-17(10-12-18)22-14-20(23-15(2)13-16(3)26-24(23)29)27-28(22)21-8-6-5-7-19(21)25/h5-13,22H,4,14H2,1-3H3,(H,26,29). The zero-order valence-electron chi connectivity index (χ0n) is 17.3. The van der Waals surface area contributed by atoms with Crippen LogP contribution in [0.1, 0.15) is 41.8 Å². The van der Waals surface area contributed by atoms with Crippen LogP contribution in [0.2, 0.25) is 0 Å². The van der Waals surface area contributed by atoms with E-state index in [9.17, 15) is 9.18 Å². The van der Waals surface area contributed by atoms with Crippen molar-refractivity contribution in [1.29, 1.82) is 0 Å². The molecule has 1 N–H and O–H groups in total. The van der Waals surface area contributed by atoms with Gasteiger partial charge in [0.1, 0.15) is 11.6 Å². The SMILES string of the molecule is CCOc1ccc(C2CC(c3c(C)cc(C)[nH]c3=O)=NN2c2ccccc2F)cc1. The monoisotopic (exact) mass is 405 g/mol. The number of benzene rings is 2. The number of nitrogens with one attached hydrogen (secondary N) is 1. The van der Waals surface area contributed by atoms with Crippen LogP contribution in [0.15, 0.2) is 64.5 Å². The second-order valence-corrected chi connectivity index (χ2v) is 7.40. The Kier molecular flexibility index (Phi) is 5.40. The second kappa shape index (κ2) is 8.14. The van der Waals surface area contributed by atoms with Gasteiger partial charge in [0.05, 0.1) is 29.6 Å². The lowest BCUT2D eigenvalue weighted by molar-refractivity contribution is 0.340. The third-order valence-electron chi connectivity index (χ3n) is 5.24. The number of aromatic amines is 1. The Morgan fingerprint density at radius 2 is 1.90 bits per heavy atom. The molecule has 30 heavy (non-hydrogen) atoms. The molecule has 2 aromatic carbocycles. The Balaban J connectivity index is 1.79. The summed E-state index contributed by atoms with van der Waals surface area (Å²) in [6, 6.07) is 16.0. The fraction of sp³-hybridized carbons (Fsp3) is 0.250. The third kappa shape index (κ3) is 3.73. The van der Waals surface area contributed by atoms with Crippen LogP contribution in [-0.4, -0.2) is 17.3 Å². The summed E-state index contributed by atoms with van der Waals surface area (Å²) < 4.78 is 20.2. The largest absolute Gasteiger partial charge is 0.494 e. The average Bonchev–Trinajstić information content (AvgIpc) is 3.13. The van der Waals surface area contributed by atoms with Crippen LogP contribution >= 0.6 is 0 Å². The lowest BCUT2D eigenvalue weighted by atomic mass is 9.96. The van der Waals surface area contributed by atoms with Gasteiger partial charge in [-0.15, -0.1) is 0 Å². The van der Waals surface area contributed by atoms with Crippen molar-refractivity contribution < 1.29 is 9.13 Å². The van der Waals surface area contributed by atoms with Crippen molar-refractivity contribution in [2.45, 2.75) is 33.2 Å². The van der Waals surface area contributed by atoms with Crippen molar-refractivity contribution in [3.05, 3.63) is 93.2 Å². The van der Waals surface area contributed by atoms with Gasteiger partial charge in [0.25, 0.3) is 5.56 Å². The van der Waals surface area contributed by atoms with Gasteiger partial charge < -0.3 is 9.72 Å². The minimum absolute atomic E-state index is 0.174. The van der Waals surface area contributed by atoms with Crippen molar-refractivity contribution in [1.82, 2.24) is 4.98 Å². The van der Waals surface area contributed by atoms with Gasteiger partial charge in [0.2, 0.25) is 0 Å². The first-order chi connectivity index (χ1) is 14.5. The molecule has 1 atom stereocenters. The van der Waals surface area contributed by atoms with E-state index in [4.69, 9.17) is 9.84 Å². The van der Waals surface area contributed by atoms with E-state index in [0.29, 0.717) is 30.0 Å². The van der Waals surface area contributed by atoms with Crippen molar-refractivity contribution in [2.75, 3.05) is 11.6 Å². The Bertz CT molecular complexity index is 1150. The second-order valence-electron chi connectivity index (χ2n) is 7.40. The van der Waals surface area contributed by atoms with Crippen LogP contribution in [0.3, 0.4) is 0 Å². The van der Waals surface area contributed by atoms with Gasteiger partial charge in [0, 0.05) is 12.1 Å². The van der Waals surface area contributed by atoms with Gasteiger partial charge >= 0.3 is 0 Å². The number of rotatable bonds is 5. The first kappa shape index (κ1) is 19.9. The molecule has 0 fully saturated rings. The predicted molar refractivity (Wildman–Crippen MR) is 117 cm³/mol. The molecule has 0 saturated heterocycles. The highest BCUT2D eigenvalue weighted by Crippen LogP contribution is 2.38. The number of nitrogens with zero attached hydrogens (tertiary/aromatic N) is 2. The summed E-state index contributed by atoms with van der Waals surface area (Å²) in [4.78, 5) is 15.5. The molecule has 0 saturated carbocycles. The molecule has 0 spiro atoms. The molecule has 1 aliphatic heterocycles. The number of anilines is 1. The highest BCUT2D eigenvalue weighted by Gasteiger charge is 2.32. The fourth-order valence-corrected chi connectivity index (χ4v) is 3.95. The van der Waals surface area contributed by atoms with E-state index in [1.54, 1.807) is 23.2 Å². The molecule has 0 radical (unpaired) electrons. The summed E-state index contributed by atoms with van der Waals surface area (Å²) >= 11 is 0. The molecule has 1 aliphatic rings. The molecule has 6 heteroatoms. The molecular formula is C24H24FN3O2. The van der Waals surface area contributed by atoms with Crippen LogP contribution in [0.25, 0.3) is 0 Å². The van der Waals surface area contributed by atoms with Gasteiger partial charge in [-0.3, -0.25) is 9.80 Å². The van der Waals surface area contributed by atoms with Gasteiger partial charge in [0.15, 0.2) is 0 Å². The Morgan fingerprint density at radius 1 is 1.17 bits per heavy atom. The highest BCUT2D eigenvalue weighted by molar-refractivity contribution is 6.04. The average molecular weight is 405 g/mol. The van der Waals surface area contributed by atoms with Crippen LogP contribution in [0, 0.1) is 19.7 Å².